The number of hydrogen-bond acceptors (Lipinski definition) is 4. The summed E-state index contributed by atoms with van der Waals surface area (Å²) in [5.41, 5.74) is 3.87. The molecule has 3 heterocycles. The lowest BCUT2D eigenvalue weighted by Crippen LogP contribution is -2.24. The summed E-state index contributed by atoms with van der Waals surface area (Å²) in [5.74, 6) is -0.246. The van der Waals surface area contributed by atoms with Gasteiger partial charge in [0.15, 0.2) is 11.3 Å². The number of rotatable bonds is 4. The quantitative estimate of drug-likeness (QED) is 0.603. The lowest BCUT2D eigenvalue weighted by molar-refractivity contribution is 0.0947. The number of nitrogens with one attached hydrogen (secondary N) is 2. The van der Waals surface area contributed by atoms with E-state index in [0.29, 0.717) is 17.9 Å². The molecule has 0 radical (unpaired) electrons. The van der Waals surface area contributed by atoms with Gasteiger partial charge >= 0.3 is 0 Å². The van der Waals surface area contributed by atoms with Crippen LogP contribution in [0.1, 0.15) is 16.1 Å². The predicted molar refractivity (Wildman–Crippen MR) is 88.2 cm³/mol. The van der Waals surface area contributed by atoms with E-state index in [1.807, 2.05) is 30.3 Å². The molecule has 0 spiro atoms. The maximum Gasteiger partial charge on any atom is 0.274 e. The Morgan fingerprint density at radius 2 is 1.83 bits per heavy atom. The number of carbonyl (C=O) groups is 1. The Morgan fingerprint density at radius 3 is 2.58 bits per heavy atom. The molecule has 1 aromatic carbocycles. The van der Waals surface area contributed by atoms with Crippen molar-refractivity contribution in [1.82, 2.24) is 29.9 Å². The van der Waals surface area contributed by atoms with Crippen molar-refractivity contribution in [2.45, 2.75) is 6.54 Å². The molecule has 0 saturated heterocycles. The van der Waals surface area contributed by atoms with Gasteiger partial charge in [0.05, 0.1) is 5.69 Å². The number of amides is 1. The lowest BCUT2D eigenvalue weighted by atomic mass is 10.1. The Labute approximate surface area is 137 Å². The van der Waals surface area contributed by atoms with Gasteiger partial charge < -0.3 is 9.72 Å². The monoisotopic (exact) mass is 318 g/mol. The summed E-state index contributed by atoms with van der Waals surface area (Å²) < 4.78 is 1.76. The van der Waals surface area contributed by atoms with Gasteiger partial charge in [-0.1, -0.05) is 24.3 Å². The minimum absolute atomic E-state index is 0.246. The molecule has 0 aliphatic heterocycles. The second-order valence-electron chi connectivity index (χ2n) is 5.28. The van der Waals surface area contributed by atoms with Gasteiger partial charge in [-0.3, -0.25) is 9.89 Å². The van der Waals surface area contributed by atoms with Crippen LogP contribution in [-0.2, 0) is 6.54 Å². The van der Waals surface area contributed by atoms with Crippen LogP contribution in [0.3, 0.4) is 0 Å². The van der Waals surface area contributed by atoms with Crippen LogP contribution in [0.25, 0.3) is 16.9 Å². The zero-order chi connectivity index (χ0) is 16.4. The predicted octanol–water partition coefficient (Wildman–Crippen LogP) is 2.05. The normalized spacial score (nSPS) is 10.8. The van der Waals surface area contributed by atoms with Crippen molar-refractivity contribution < 1.29 is 4.79 Å². The molecule has 0 unspecified atom stereocenters. The number of imidazole rings is 1. The highest BCUT2D eigenvalue weighted by molar-refractivity contribution is 5.97. The average molecular weight is 318 g/mol. The van der Waals surface area contributed by atoms with Crippen LogP contribution in [0, 0.1) is 0 Å². The Balaban J connectivity index is 1.47. The molecule has 0 bridgehead atoms. The van der Waals surface area contributed by atoms with E-state index >= 15 is 0 Å². The van der Waals surface area contributed by atoms with Crippen molar-refractivity contribution >= 4 is 11.6 Å². The van der Waals surface area contributed by atoms with Crippen LogP contribution < -0.4 is 5.32 Å². The van der Waals surface area contributed by atoms with Crippen molar-refractivity contribution in [3.05, 3.63) is 72.6 Å². The molecule has 0 aliphatic carbocycles. The minimum atomic E-state index is -0.246. The molecule has 24 heavy (non-hydrogen) atoms. The summed E-state index contributed by atoms with van der Waals surface area (Å²) in [6.07, 6.45) is 8.48. The summed E-state index contributed by atoms with van der Waals surface area (Å²) in [4.78, 5) is 20.6. The number of aromatic amines is 1. The second-order valence-corrected chi connectivity index (χ2v) is 5.28. The van der Waals surface area contributed by atoms with Crippen molar-refractivity contribution in [1.29, 1.82) is 0 Å². The van der Waals surface area contributed by atoms with E-state index in [-0.39, 0.29) is 5.91 Å². The number of benzene rings is 1. The van der Waals surface area contributed by atoms with Crippen molar-refractivity contribution in [2.75, 3.05) is 0 Å². The summed E-state index contributed by atoms with van der Waals surface area (Å²) in [5, 5.41) is 9.74. The highest BCUT2D eigenvalue weighted by Crippen LogP contribution is 2.16. The first-order chi connectivity index (χ1) is 11.8. The summed E-state index contributed by atoms with van der Waals surface area (Å²) >= 11 is 0. The Morgan fingerprint density at radius 1 is 1.04 bits per heavy atom. The average Bonchev–Trinajstić information content (AvgIpc) is 3.31. The third kappa shape index (κ3) is 2.63. The maximum absolute atomic E-state index is 12.3. The van der Waals surface area contributed by atoms with Crippen molar-refractivity contribution in [3.63, 3.8) is 0 Å². The van der Waals surface area contributed by atoms with Crippen LogP contribution in [0.2, 0.25) is 0 Å². The minimum Gasteiger partial charge on any atom is -0.347 e. The SMILES string of the molecule is O=C(NCc1ccc(-c2ccn[nH]2)cc1)c1nccn2ccnc12. The van der Waals surface area contributed by atoms with E-state index in [9.17, 15) is 4.79 Å². The fourth-order valence-corrected chi connectivity index (χ4v) is 2.50. The smallest absolute Gasteiger partial charge is 0.274 e. The maximum atomic E-state index is 12.3. The molecule has 0 aliphatic rings. The molecule has 4 aromatic rings. The first kappa shape index (κ1) is 14.1. The van der Waals surface area contributed by atoms with E-state index in [1.54, 1.807) is 35.4 Å². The first-order valence-electron chi connectivity index (χ1n) is 7.46. The topological polar surface area (TPSA) is 88.0 Å². The molecule has 1 amide bonds. The molecule has 7 heteroatoms. The Hall–Kier alpha value is -3.48. The second kappa shape index (κ2) is 5.96. The fourth-order valence-electron chi connectivity index (χ4n) is 2.50. The molecular weight excluding hydrogens is 304 g/mol. The number of fused-ring (bicyclic) bond motifs is 1. The third-order valence-electron chi connectivity index (χ3n) is 3.75. The number of aromatic nitrogens is 5. The molecule has 118 valence electrons. The molecule has 0 fully saturated rings. The van der Waals surface area contributed by atoms with E-state index < -0.39 is 0 Å². The Kier molecular flexibility index (Phi) is 3.51. The van der Waals surface area contributed by atoms with Crippen LogP contribution >= 0.6 is 0 Å². The Bertz CT molecular complexity index is 972. The summed E-state index contributed by atoms with van der Waals surface area (Å²) in [6, 6.07) is 9.83. The molecular formula is C17H14N6O. The highest BCUT2D eigenvalue weighted by atomic mass is 16.1. The number of carbonyl (C=O) groups excluding carboxylic acids is 1. The van der Waals surface area contributed by atoms with Crippen molar-refractivity contribution in [2.24, 2.45) is 0 Å². The van der Waals surface area contributed by atoms with E-state index in [0.717, 1.165) is 16.8 Å². The van der Waals surface area contributed by atoms with Crippen LogP contribution in [0.5, 0.6) is 0 Å². The van der Waals surface area contributed by atoms with Gasteiger partial charge in [-0.15, -0.1) is 0 Å². The summed E-state index contributed by atoms with van der Waals surface area (Å²) in [6.45, 7) is 0.422. The van der Waals surface area contributed by atoms with Gasteiger partial charge in [-0.2, -0.15) is 5.10 Å². The third-order valence-corrected chi connectivity index (χ3v) is 3.75. The zero-order valence-corrected chi connectivity index (χ0v) is 12.7. The molecule has 0 saturated carbocycles. The van der Waals surface area contributed by atoms with E-state index in [1.165, 1.54) is 0 Å². The first-order valence-corrected chi connectivity index (χ1v) is 7.46. The number of H-pyrrole nitrogens is 1. The standard InChI is InChI=1S/C17H14N6O/c24-17(15-16-19-8-10-23(16)9-7-18-15)20-11-12-1-3-13(4-2-12)14-5-6-21-22-14/h1-10H,11H2,(H,20,24)(H,21,22). The van der Waals surface area contributed by atoms with Gasteiger partial charge in [0.2, 0.25) is 0 Å². The number of nitrogens with zero attached hydrogens (tertiary/aromatic N) is 4. The molecule has 3 aromatic heterocycles. The molecule has 7 nitrogen and oxygen atoms in total. The van der Waals surface area contributed by atoms with Crippen molar-refractivity contribution in [3.8, 4) is 11.3 Å². The van der Waals surface area contributed by atoms with Crippen LogP contribution in [-0.4, -0.2) is 30.5 Å². The fraction of sp³-hybridized carbons (Fsp3) is 0.0588. The van der Waals surface area contributed by atoms with Gasteiger partial charge in [0.1, 0.15) is 0 Å². The van der Waals surface area contributed by atoms with Crippen LogP contribution in [0.15, 0.2) is 61.3 Å². The highest BCUT2D eigenvalue weighted by Gasteiger charge is 2.12. The molecule has 0 atom stereocenters. The van der Waals surface area contributed by atoms with Gasteiger partial charge in [-0.25, -0.2) is 9.97 Å². The van der Waals surface area contributed by atoms with E-state index in [2.05, 4.69) is 25.5 Å². The molecule has 4 rings (SSSR count). The van der Waals surface area contributed by atoms with E-state index in [4.69, 9.17) is 0 Å². The lowest BCUT2D eigenvalue weighted by Gasteiger charge is -2.06. The number of hydrogen-bond donors (Lipinski definition) is 2. The van der Waals surface area contributed by atoms with Gasteiger partial charge in [0, 0.05) is 37.5 Å². The van der Waals surface area contributed by atoms with Gasteiger partial charge in [-0.05, 0) is 17.2 Å². The largest absolute Gasteiger partial charge is 0.347 e. The molecule has 2 N–H and O–H groups in total. The zero-order valence-electron chi connectivity index (χ0n) is 12.7. The van der Waals surface area contributed by atoms with Crippen LogP contribution in [0.4, 0.5) is 0 Å². The summed E-state index contributed by atoms with van der Waals surface area (Å²) in [7, 11) is 0. The van der Waals surface area contributed by atoms with Gasteiger partial charge in [0.25, 0.3) is 5.91 Å².